The zero-order chi connectivity index (χ0) is 7.40. The van der Waals surface area contributed by atoms with Gasteiger partial charge in [-0.15, -0.1) is 0 Å². The van der Waals surface area contributed by atoms with Gasteiger partial charge < -0.3 is 5.73 Å². The molecular weight excluding hydrogens is 126 g/mol. The Bertz CT molecular complexity index is 192. The maximum Gasteiger partial charge on any atom is 0.0625 e. The highest BCUT2D eigenvalue weighted by molar-refractivity contribution is 5.06. The number of aromatic amines is 1. The Balaban J connectivity index is 2.42. The Hall–Kier alpha value is -0.830. The van der Waals surface area contributed by atoms with Crippen molar-refractivity contribution in [2.45, 2.75) is 19.8 Å². The van der Waals surface area contributed by atoms with Crippen LogP contribution in [0, 0.1) is 6.92 Å². The number of nitrogens with two attached hydrogens (primary N) is 1. The lowest BCUT2D eigenvalue weighted by molar-refractivity contribution is 0.803. The van der Waals surface area contributed by atoms with Gasteiger partial charge in [-0.25, -0.2) is 0 Å². The van der Waals surface area contributed by atoms with Gasteiger partial charge in [-0.3, -0.25) is 5.10 Å². The maximum atomic E-state index is 5.35. The molecule has 0 aliphatic carbocycles. The number of aryl methyl sites for hydroxylation is 2. The summed E-state index contributed by atoms with van der Waals surface area (Å²) in [5.41, 5.74) is 7.58. The Labute approximate surface area is 60.6 Å². The second kappa shape index (κ2) is 3.37. The van der Waals surface area contributed by atoms with E-state index in [2.05, 4.69) is 16.3 Å². The molecule has 0 aliphatic heterocycles. The topological polar surface area (TPSA) is 54.7 Å². The summed E-state index contributed by atoms with van der Waals surface area (Å²) in [5, 5.41) is 6.96. The number of aromatic nitrogens is 2. The summed E-state index contributed by atoms with van der Waals surface area (Å²) in [5.74, 6) is 0. The van der Waals surface area contributed by atoms with Crippen molar-refractivity contribution < 1.29 is 0 Å². The van der Waals surface area contributed by atoms with E-state index >= 15 is 0 Å². The Morgan fingerprint density at radius 2 is 2.50 bits per heavy atom. The van der Waals surface area contributed by atoms with Gasteiger partial charge in [0.2, 0.25) is 0 Å². The first-order chi connectivity index (χ1) is 4.83. The second-order valence-corrected chi connectivity index (χ2v) is 2.43. The fraction of sp³-hybridized carbons (Fsp3) is 0.571. The van der Waals surface area contributed by atoms with Crippen LogP contribution in [0.4, 0.5) is 0 Å². The summed E-state index contributed by atoms with van der Waals surface area (Å²) in [6.45, 7) is 2.74. The average Bonchev–Trinajstić information content (AvgIpc) is 2.31. The molecule has 3 N–H and O–H groups in total. The molecule has 3 heteroatoms. The van der Waals surface area contributed by atoms with Crippen LogP contribution in [0.2, 0.25) is 0 Å². The molecular formula is C7H13N3. The normalized spacial score (nSPS) is 10.2. The Morgan fingerprint density at radius 3 is 3.00 bits per heavy atom. The van der Waals surface area contributed by atoms with Crippen molar-refractivity contribution >= 4 is 0 Å². The van der Waals surface area contributed by atoms with E-state index in [1.807, 2.05) is 6.92 Å². The first kappa shape index (κ1) is 7.28. The predicted octanol–water partition coefficient (Wildman–Crippen LogP) is 0.609. The fourth-order valence-electron chi connectivity index (χ4n) is 0.886. The fourth-order valence-corrected chi connectivity index (χ4v) is 0.886. The van der Waals surface area contributed by atoms with Gasteiger partial charge in [0, 0.05) is 5.69 Å². The van der Waals surface area contributed by atoms with E-state index in [4.69, 9.17) is 5.73 Å². The summed E-state index contributed by atoms with van der Waals surface area (Å²) in [6.07, 6.45) is 2.01. The number of hydrogen-bond donors (Lipinski definition) is 2. The standard InChI is InChI=1S/C7H13N3/c1-6-5-7(10-9-6)3-2-4-8/h5H,2-4,8H2,1H3,(H,9,10). The highest BCUT2D eigenvalue weighted by atomic mass is 15.1. The SMILES string of the molecule is Cc1cc(CCCN)n[nH]1. The van der Waals surface area contributed by atoms with Crippen molar-refractivity contribution in [1.29, 1.82) is 0 Å². The molecule has 0 saturated heterocycles. The molecule has 3 nitrogen and oxygen atoms in total. The van der Waals surface area contributed by atoms with Gasteiger partial charge in [-0.05, 0) is 32.4 Å². The van der Waals surface area contributed by atoms with Gasteiger partial charge in [0.05, 0.1) is 5.69 Å². The number of hydrogen-bond acceptors (Lipinski definition) is 2. The molecule has 0 unspecified atom stereocenters. The maximum absolute atomic E-state index is 5.35. The number of rotatable bonds is 3. The highest BCUT2D eigenvalue weighted by Crippen LogP contribution is 1.99. The van der Waals surface area contributed by atoms with Crippen LogP contribution < -0.4 is 5.73 Å². The van der Waals surface area contributed by atoms with Crippen molar-refractivity contribution in [3.8, 4) is 0 Å². The molecule has 56 valence electrons. The zero-order valence-electron chi connectivity index (χ0n) is 6.22. The molecule has 1 rings (SSSR count). The average molecular weight is 139 g/mol. The van der Waals surface area contributed by atoms with Crippen LogP contribution in [0.3, 0.4) is 0 Å². The molecule has 1 aromatic heterocycles. The van der Waals surface area contributed by atoms with E-state index in [-0.39, 0.29) is 0 Å². The van der Waals surface area contributed by atoms with Gasteiger partial charge in [0.25, 0.3) is 0 Å². The number of H-pyrrole nitrogens is 1. The van der Waals surface area contributed by atoms with Crippen LogP contribution in [-0.2, 0) is 6.42 Å². The Kier molecular flexibility index (Phi) is 2.45. The molecule has 0 bridgehead atoms. The Morgan fingerprint density at radius 1 is 1.70 bits per heavy atom. The van der Waals surface area contributed by atoms with Crippen LogP contribution >= 0.6 is 0 Å². The molecule has 0 saturated carbocycles. The third kappa shape index (κ3) is 1.84. The number of nitrogens with one attached hydrogen (secondary N) is 1. The summed E-state index contributed by atoms with van der Waals surface area (Å²) < 4.78 is 0. The van der Waals surface area contributed by atoms with Gasteiger partial charge in [-0.1, -0.05) is 0 Å². The molecule has 0 atom stereocenters. The molecule has 0 aromatic carbocycles. The van der Waals surface area contributed by atoms with Crippen molar-refractivity contribution in [2.24, 2.45) is 5.73 Å². The lowest BCUT2D eigenvalue weighted by Gasteiger charge is -1.89. The van der Waals surface area contributed by atoms with Crippen LogP contribution in [-0.4, -0.2) is 16.7 Å². The van der Waals surface area contributed by atoms with Gasteiger partial charge in [-0.2, -0.15) is 5.10 Å². The van der Waals surface area contributed by atoms with Gasteiger partial charge in [0.15, 0.2) is 0 Å². The molecule has 0 aliphatic rings. The van der Waals surface area contributed by atoms with Crippen LogP contribution in [0.15, 0.2) is 6.07 Å². The quantitative estimate of drug-likeness (QED) is 0.644. The minimum Gasteiger partial charge on any atom is -0.330 e. The largest absolute Gasteiger partial charge is 0.330 e. The van der Waals surface area contributed by atoms with Crippen molar-refractivity contribution in [1.82, 2.24) is 10.2 Å². The van der Waals surface area contributed by atoms with E-state index < -0.39 is 0 Å². The molecule has 1 aromatic rings. The summed E-state index contributed by atoms with van der Waals surface area (Å²) in [6, 6.07) is 2.05. The zero-order valence-corrected chi connectivity index (χ0v) is 6.22. The molecule has 0 fully saturated rings. The minimum atomic E-state index is 0.742. The molecule has 0 radical (unpaired) electrons. The molecule has 1 heterocycles. The van der Waals surface area contributed by atoms with Gasteiger partial charge >= 0.3 is 0 Å². The van der Waals surface area contributed by atoms with Crippen LogP contribution in [0.5, 0.6) is 0 Å². The highest BCUT2D eigenvalue weighted by Gasteiger charge is 1.94. The molecule has 10 heavy (non-hydrogen) atoms. The lowest BCUT2D eigenvalue weighted by Crippen LogP contribution is -2.00. The summed E-state index contributed by atoms with van der Waals surface area (Å²) in [7, 11) is 0. The smallest absolute Gasteiger partial charge is 0.0625 e. The second-order valence-electron chi connectivity index (χ2n) is 2.43. The summed E-state index contributed by atoms with van der Waals surface area (Å²) in [4.78, 5) is 0. The van der Waals surface area contributed by atoms with Crippen LogP contribution in [0.1, 0.15) is 17.8 Å². The molecule has 0 amide bonds. The van der Waals surface area contributed by atoms with E-state index in [0.717, 1.165) is 30.8 Å². The predicted molar refractivity (Wildman–Crippen MR) is 40.7 cm³/mol. The summed E-state index contributed by atoms with van der Waals surface area (Å²) >= 11 is 0. The van der Waals surface area contributed by atoms with E-state index in [9.17, 15) is 0 Å². The first-order valence-electron chi connectivity index (χ1n) is 3.54. The monoisotopic (exact) mass is 139 g/mol. The number of nitrogens with zero attached hydrogens (tertiary/aromatic N) is 1. The van der Waals surface area contributed by atoms with Crippen molar-refractivity contribution in [3.05, 3.63) is 17.5 Å². The first-order valence-corrected chi connectivity index (χ1v) is 3.54. The van der Waals surface area contributed by atoms with E-state index in [1.54, 1.807) is 0 Å². The van der Waals surface area contributed by atoms with Crippen molar-refractivity contribution in [2.75, 3.05) is 6.54 Å². The minimum absolute atomic E-state index is 0.742. The third-order valence-electron chi connectivity index (χ3n) is 1.40. The lowest BCUT2D eigenvalue weighted by atomic mass is 10.2. The van der Waals surface area contributed by atoms with Crippen LogP contribution in [0.25, 0.3) is 0 Å². The van der Waals surface area contributed by atoms with Crippen molar-refractivity contribution in [3.63, 3.8) is 0 Å². The van der Waals surface area contributed by atoms with E-state index in [0.29, 0.717) is 0 Å². The van der Waals surface area contributed by atoms with E-state index in [1.165, 1.54) is 0 Å². The van der Waals surface area contributed by atoms with Gasteiger partial charge in [0.1, 0.15) is 0 Å². The third-order valence-corrected chi connectivity index (χ3v) is 1.40. The molecule has 0 spiro atoms.